The number of rotatable bonds is 4. The molecule has 1 fully saturated rings. The molecule has 5 nitrogen and oxygen atoms in total. The number of hydrogen-bond donors (Lipinski definition) is 0. The molecule has 5 heteroatoms. The molecule has 0 saturated carbocycles. The van der Waals surface area contributed by atoms with Crippen molar-refractivity contribution in [2.75, 3.05) is 31.1 Å². The average molecular weight is 334 g/mol. The van der Waals surface area contributed by atoms with Crippen molar-refractivity contribution in [3.8, 4) is 11.5 Å². The topological polar surface area (TPSA) is 45.4 Å². The number of pyridine rings is 1. The number of hydrogen-bond acceptors (Lipinski definition) is 5. The molecule has 3 aromatic rings. The molecule has 3 heterocycles. The third-order valence-electron chi connectivity index (χ3n) is 4.63. The molecule has 1 saturated heterocycles. The Labute approximate surface area is 147 Å². The number of aryl methyl sites for hydroxylation is 1. The summed E-state index contributed by atoms with van der Waals surface area (Å²) in [5.41, 5.74) is 2.06. The fraction of sp³-hybridized carbons (Fsp3) is 0.300. The van der Waals surface area contributed by atoms with Gasteiger partial charge in [0.25, 0.3) is 0 Å². The molecule has 0 spiro atoms. The summed E-state index contributed by atoms with van der Waals surface area (Å²) in [6.45, 7) is 6.81. The van der Waals surface area contributed by atoms with Crippen molar-refractivity contribution in [1.82, 2.24) is 14.9 Å². The lowest BCUT2D eigenvalue weighted by molar-refractivity contribution is 0.245. The van der Waals surface area contributed by atoms with Crippen LogP contribution in [0.15, 0.2) is 59.1 Å². The van der Waals surface area contributed by atoms with Crippen LogP contribution in [0, 0.1) is 6.92 Å². The molecule has 128 valence electrons. The maximum Gasteiger partial charge on any atom is 0.226 e. The van der Waals surface area contributed by atoms with E-state index in [1.807, 2.05) is 55.6 Å². The van der Waals surface area contributed by atoms with E-state index < -0.39 is 0 Å². The van der Waals surface area contributed by atoms with E-state index in [2.05, 4.69) is 20.9 Å². The van der Waals surface area contributed by atoms with Crippen molar-refractivity contribution < 1.29 is 4.42 Å². The Balaban J connectivity index is 1.40. The van der Waals surface area contributed by atoms with E-state index in [0.717, 1.165) is 55.6 Å². The number of oxazole rings is 1. The molecule has 0 bridgehead atoms. The van der Waals surface area contributed by atoms with Crippen LogP contribution in [0.4, 0.5) is 5.82 Å². The summed E-state index contributed by atoms with van der Waals surface area (Å²) in [6.07, 6.45) is 1.85. The van der Waals surface area contributed by atoms with Gasteiger partial charge in [-0.05, 0) is 31.2 Å². The number of piperazine rings is 1. The van der Waals surface area contributed by atoms with Gasteiger partial charge in [-0.1, -0.05) is 24.3 Å². The summed E-state index contributed by atoms with van der Waals surface area (Å²) in [6, 6.07) is 16.1. The van der Waals surface area contributed by atoms with Gasteiger partial charge in [0.1, 0.15) is 11.6 Å². The summed E-state index contributed by atoms with van der Waals surface area (Å²) >= 11 is 0. The second-order valence-corrected chi connectivity index (χ2v) is 6.34. The van der Waals surface area contributed by atoms with E-state index in [9.17, 15) is 0 Å². The predicted octanol–water partition coefficient (Wildman–Crippen LogP) is 3.37. The standard InChI is InChI=1S/C20H22N4O/c1-16-18(22-20(25-16)17-7-3-2-4-8-17)15-23-11-13-24(14-12-23)19-9-5-6-10-21-19/h2-10H,11-15H2,1H3. The Hall–Kier alpha value is -2.66. The van der Waals surface area contributed by atoms with Crippen LogP contribution >= 0.6 is 0 Å². The molecule has 0 atom stereocenters. The fourth-order valence-electron chi connectivity index (χ4n) is 3.17. The zero-order valence-electron chi connectivity index (χ0n) is 14.4. The number of anilines is 1. The van der Waals surface area contributed by atoms with E-state index in [-0.39, 0.29) is 0 Å². The van der Waals surface area contributed by atoms with E-state index in [0.29, 0.717) is 5.89 Å². The van der Waals surface area contributed by atoms with Crippen LogP contribution in [0.2, 0.25) is 0 Å². The SMILES string of the molecule is Cc1oc(-c2ccccc2)nc1CN1CCN(c2ccccn2)CC1. The van der Waals surface area contributed by atoms with Crippen LogP contribution in [0.5, 0.6) is 0 Å². The Bertz CT molecular complexity index is 808. The molecule has 1 aliphatic heterocycles. The molecule has 2 aromatic heterocycles. The first-order valence-corrected chi connectivity index (χ1v) is 8.69. The molecule has 25 heavy (non-hydrogen) atoms. The van der Waals surface area contributed by atoms with Gasteiger partial charge in [0.15, 0.2) is 0 Å². The van der Waals surface area contributed by atoms with Crippen molar-refractivity contribution in [2.24, 2.45) is 0 Å². The van der Waals surface area contributed by atoms with Gasteiger partial charge in [0, 0.05) is 44.5 Å². The Morgan fingerprint density at radius 3 is 2.44 bits per heavy atom. The van der Waals surface area contributed by atoms with Gasteiger partial charge >= 0.3 is 0 Å². The zero-order chi connectivity index (χ0) is 17.1. The summed E-state index contributed by atoms with van der Waals surface area (Å²) in [7, 11) is 0. The Morgan fingerprint density at radius 2 is 1.72 bits per heavy atom. The molecular formula is C20H22N4O. The lowest BCUT2D eigenvalue weighted by Gasteiger charge is -2.35. The van der Waals surface area contributed by atoms with E-state index in [1.165, 1.54) is 0 Å². The fourth-order valence-corrected chi connectivity index (χ4v) is 3.17. The van der Waals surface area contributed by atoms with Gasteiger partial charge in [-0.15, -0.1) is 0 Å². The van der Waals surface area contributed by atoms with Gasteiger partial charge in [0.2, 0.25) is 5.89 Å². The van der Waals surface area contributed by atoms with E-state index >= 15 is 0 Å². The number of benzene rings is 1. The maximum atomic E-state index is 5.87. The number of aromatic nitrogens is 2. The molecule has 1 aromatic carbocycles. The monoisotopic (exact) mass is 334 g/mol. The molecular weight excluding hydrogens is 312 g/mol. The first-order valence-electron chi connectivity index (χ1n) is 8.69. The first kappa shape index (κ1) is 15.8. The maximum absolute atomic E-state index is 5.87. The van der Waals surface area contributed by atoms with Crippen molar-refractivity contribution in [3.63, 3.8) is 0 Å². The highest BCUT2D eigenvalue weighted by Gasteiger charge is 2.20. The molecule has 0 unspecified atom stereocenters. The molecule has 0 radical (unpaired) electrons. The summed E-state index contributed by atoms with van der Waals surface area (Å²) < 4.78 is 5.87. The van der Waals surface area contributed by atoms with Crippen molar-refractivity contribution in [2.45, 2.75) is 13.5 Å². The number of nitrogens with zero attached hydrogens (tertiary/aromatic N) is 4. The second kappa shape index (κ2) is 7.07. The quantitative estimate of drug-likeness (QED) is 0.732. The van der Waals surface area contributed by atoms with Crippen molar-refractivity contribution >= 4 is 5.82 Å². The predicted molar refractivity (Wildman–Crippen MR) is 98.4 cm³/mol. The lowest BCUT2D eigenvalue weighted by Crippen LogP contribution is -2.46. The first-order chi connectivity index (χ1) is 12.3. The second-order valence-electron chi connectivity index (χ2n) is 6.34. The minimum absolute atomic E-state index is 0.709. The van der Waals surface area contributed by atoms with Crippen LogP contribution in [-0.4, -0.2) is 41.0 Å². The molecule has 0 N–H and O–H groups in total. The highest BCUT2D eigenvalue weighted by Crippen LogP contribution is 2.23. The Morgan fingerprint density at radius 1 is 0.960 bits per heavy atom. The Kier molecular flexibility index (Phi) is 4.48. The molecule has 0 aliphatic carbocycles. The normalized spacial score (nSPS) is 15.5. The third-order valence-corrected chi connectivity index (χ3v) is 4.63. The van der Waals surface area contributed by atoms with Gasteiger partial charge in [-0.3, -0.25) is 4.90 Å². The summed E-state index contributed by atoms with van der Waals surface area (Å²) in [5, 5.41) is 0. The van der Waals surface area contributed by atoms with Crippen LogP contribution in [0.25, 0.3) is 11.5 Å². The minimum Gasteiger partial charge on any atom is -0.441 e. The van der Waals surface area contributed by atoms with Crippen LogP contribution < -0.4 is 4.90 Å². The summed E-state index contributed by atoms with van der Waals surface area (Å²) in [4.78, 5) is 13.9. The van der Waals surface area contributed by atoms with Gasteiger partial charge < -0.3 is 9.32 Å². The third kappa shape index (κ3) is 3.56. The zero-order valence-corrected chi connectivity index (χ0v) is 14.4. The van der Waals surface area contributed by atoms with E-state index in [4.69, 9.17) is 9.40 Å². The van der Waals surface area contributed by atoms with Crippen molar-refractivity contribution in [1.29, 1.82) is 0 Å². The highest BCUT2D eigenvalue weighted by molar-refractivity contribution is 5.53. The van der Waals surface area contributed by atoms with E-state index in [1.54, 1.807) is 0 Å². The van der Waals surface area contributed by atoms with Gasteiger partial charge in [-0.2, -0.15) is 0 Å². The van der Waals surface area contributed by atoms with Gasteiger partial charge in [0.05, 0.1) is 5.69 Å². The summed E-state index contributed by atoms with van der Waals surface area (Å²) in [5.74, 6) is 2.68. The van der Waals surface area contributed by atoms with Crippen LogP contribution in [0.1, 0.15) is 11.5 Å². The minimum atomic E-state index is 0.709. The van der Waals surface area contributed by atoms with Crippen LogP contribution in [-0.2, 0) is 6.54 Å². The molecule has 4 rings (SSSR count). The van der Waals surface area contributed by atoms with Gasteiger partial charge in [-0.25, -0.2) is 9.97 Å². The lowest BCUT2D eigenvalue weighted by atomic mass is 10.2. The van der Waals surface area contributed by atoms with Crippen LogP contribution in [0.3, 0.4) is 0 Å². The highest BCUT2D eigenvalue weighted by atomic mass is 16.4. The smallest absolute Gasteiger partial charge is 0.226 e. The molecule has 0 amide bonds. The largest absolute Gasteiger partial charge is 0.441 e. The average Bonchev–Trinajstić information content (AvgIpc) is 3.04. The van der Waals surface area contributed by atoms with Crippen molar-refractivity contribution in [3.05, 3.63) is 66.2 Å². The molecule has 1 aliphatic rings.